The van der Waals surface area contributed by atoms with Gasteiger partial charge < -0.3 is 4.52 Å². The lowest BCUT2D eigenvalue weighted by Gasteiger charge is -2.05. The summed E-state index contributed by atoms with van der Waals surface area (Å²) >= 11 is 0. The summed E-state index contributed by atoms with van der Waals surface area (Å²) in [5, 5.41) is 7.16. The fourth-order valence-corrected chi connectivity index (χ4v) is 1.95. The van der Waals surface area contributed by atoms with Crippen LogP contribution in [0.15, 0.2) is 28.8 Å². The number of nitrogens with zero attached hydrogens (tertiary/aromatic N) is 2. The standard InChI is InChI=1S/C11H11N3O/c1-7-13-11(15-14-7)10-9-5-3-2-4-8(9)6-12-10/h2-5,10,12H,6H2,1H3. The van der Waals surface area contributed by atoms with Crippen LogP contribution in [-0.2, 0) is 6.54 Å². The van der Waals surface area contributed by atoms with E-state index >= 15 is 0 Å². The van der Waals surface area contributed by atoms with Gasteiger partial charge in [0.2, 0.25) is 5.89 Å². The molecule has 0 spiro atoms. The molecule has 1 aromatic heterocycles. The van der Waals surface area contributed by atoms with E-state index in [9.17, 15) is 0 Å². The van der Waals surface area contributed by atoms with E-state index in [1.165, 1.54) is 11.1 Å². The van der Waals surface area contributed by atoms with E-state index in [0.29, 0.717) is 11.7 Å². The first kappa shape index (κ1) is 8.61. The van der Waals surface area contributed by atoms with E-state index in [1.807, 2.05) is 19.1 Å². The van der Waals surface area contributed by atoms with Crippen LogP contribution in [0.1, 0.15) is 28.9 Å². The monoisotopic (exact) mass is 201 g/mol. The van der Waals surface area contributed by atoms with Crippen LogP contribution in [0.5, 0.6) is 0 Å². The van der Waals surface area contributed by atoms with Gasteiger partial charge in [-0.15, -0.1) is 0 Å². The Morgan fingerprint density at radius 3 is 3.07 bits per heavy atom. The molecule has 4 heteroatoms. The van der Waals surface area contributed by atoms with Gasteiger partial charge in [0.1, 0.15) is 6.04 Å². The van der Waals surface area contributed by atoms with E-state index in [1.54, 1.807) is 0 Å². The molecule has 0 amide bonds. The lowest BCUT2D eigenvalue weighted by atomic mass is 10.1. The van der Waals surface area contributed by atoms with Crippen molar-refractivity contribution in [3.8, 4) is 0 Å². The van der Waals surface area contributed by atoms with Crippen LogP contribution in [0.4, 0.5) is 0 Å². The maximum atomic E-state index is 5.18. The fourth-order valence-electron chi connectivity index (χ4n) is 1.95. The zero-order chi connectivity index (χ0) is 10.3. The van der Waals surface area contributed by atoms with Crippen molar-refractivity contribution in [2.75, 3.05) is 0 Å². The van der Waals surface area contributed by atoms with Gasteiger partial charge in [-0.1, -0.05) is 29.4 Å². The molecule has 1 unspecified atom stereocenters. The van der Waals surface area contributed by atoms with Gasteiger partial charge in [0, 0.05) is 6.54 Å². The highest BCUT2D eigenvalue weighted by Crippen LogP contribution is 2.29. The van der Waals surface area contributed by atoms with Gasteiger partial charge in [-0.25, -0.2) is 0 Å². The van der Waals surface area contributed by atoms with Crippen LogP contribution >= 0.6 is 0 Å². The van der Waals surface area contributed by atoms with Crippen molar-refractivity contribution in [3.05, 3.63) is 47.1 Å². The summed E-state index contributed by atoms with van der Waals surface area (Å²) in [4.78, 5) is 4.25. The van der Waals surface area contributed by atoms with Gasteiger partial charge in [-0.05, 0) is 18.1 Å². The third-order valence-electron chi connectivity index (χ3n) is 2.65. The summed E-state index contributed by atoms with van der Waals surface area (Å²) in [5.41, 5.74) is 2.54. The molecule has 4 nitrogen and oxygen atoms in total. The topological polar surface area (TPSA) is 51.0 Å². The molecule has 0 radical (unpaired) electrons. The summed E-state index contributed by atoms with van der Waals surface area (Å²) in [6, 6.07) is 8.34. The molecule has 3 rings (SSSR count). The van der Waals surface area contributed by atoms with Crippen molar-refractivity contribution in [1.82, 2.24) is 15.5 Å². The summed E-state index contributed by atoms with van der Waals surface area (Å²) < 4.78 is 5.18. The molecular formula is C11H11N3O. The van der Waals surface area contributed by atoms with Crippen molar-refractivity contribution in [1.29, 1.82) is 0 Å². The second-order valence-corrected chi connectivity index (χ2v) is 3.69. The Kier molecular flexibility index (Phi) is 1.82. The molecule has 15 heavy (non-hydrogen) atoms. The molecule has 1 N–H and O–H groups in total. The summed E-state index contributed by atoms with van der Waals surface area (Å²) in [6.45, 7) is 2.69. The molecule has 0 saturated heterocycles. The molecule has 1 aromatic carbocycles. The number of rotatable bonds is 1. The Labute approximate surface area is 87.3 Å². The first-order chi connectivity index (χ1) is 7.34. The van der Waals surface area contributed by atoms with E-state index in [-0.39, 0.29) is 6.04 Å². The maximum absolute atomic E-state index is 5.18. The van der Waals surface area contributed by atoms with Gasteiger partial charge in [-0.2, -0.15) is 4.98 Å². The number of aromatic nitrogens is 2. The minimum absolute atomic E-state index is 0.0578. The van der Waals surface area contributed by atoms with Crippen LogP contribution in [0, 0.1) is 6.92 Å². The lowest BCUT2D eigenvalue weighted by Crippen LogP contribution is -2.13. The average Bonchev–Trinajstić information content (AvgIpc) is 2.83. The van der Waals surface area contributed by atoms with E-state index in [0.717, 1.165) is 6.54 Å². The van der Waals surface area contributed by atoms with Gasteiger partial charge >= 0.3 is 0 Å². The summed E-state index contributed by atoms with van der Waals surface area (Å²) in [7, 11) is 0. The van der Waals surface area contributed by atoms with Crippen molar-refractivity contribution >= 4 is 0 Å². The smallest absolute Gasteiger partial charge is 0.248 e. The van der Waals surface area contributed by atoms with Gasteiger partial charge in [-0.3, -0.25) is 5.32 Å². The fraction of sp³-hybridized carbons (Fsp3) is 0.273. The third-order valence-corrected chi connectivity index (χ3v) is 2.65. The normalized spacial score (nSPS) is 19.1. The molecular weight excluding hydrogens is 190 g/mol. The first-order valence-corrected chi connectivity index (χ1v) is 4.96. The minimum atomic E-state index is 0.0578. The van der Waals surface area contributed by atoms with Crippen molar-refractivity contribution in [2.45, 2.75) is 19.5 Å². The maximum Gasteiger partial charge on any atom is 0.248 e. The van der Waals surface area contributed by atoms with E-state index in [4.69, 9.17) is 4.52 Å². The van der Waals surface area contributed by atoms with Crippen LogP contribution in [-0.4, -0.2) is 10.1 Å². The van der Waals surface area contributed by atoms with Crippen LogP contribution in [0.25, 0.3) is 0 Å². The summed E-state index contributed by atoms with van der Waals surface area (Å²) in [5.74, 6) is 1.33. The Bertz CT molecular complexity index is 492. The Hall–Kier alpha value is -1.68. The zero-order valence-corrected chi connectivity index (χ0v) is 8.40. The van der Waals surface area contributed by atoms with Crippen LogP contribution in [0.3, 0.4) is 0 Å². The predicted octanol–water partition coefficient (Wildman–Crippen LogP) is 1.57. The predicted molar refractivity (Wildman–Crippen MR) is 54.2 cm³/mol. The van der Waals surface area contributed by atoms with E-state index < -0.39 is 0 Å². The molecule has 1 atom stereocenters. The molecule has 2 aromatic rings. The SMILES string of the molecule is Cc1noc(C2NCc3ccccc32)n1. The van der Waals surface area contributed by atoms with Crippen LogP contribution in [0.2, 0.25) is 0 Å². The Balaban J connectivity index is 2.04. The van der Waals surface area contributed by atoms with Crippen molar-refractivity contribution in [2.24, 2.45) is 0 Å². The number of hydrogen-bond acceptors (Lipinski definition) is 4. The Morgan fingerprint density at radius 2 is 2.27 bits per heavy atom. The van der Waals surface area contributed by atoms with Crippen LogP contribution < -0.4 is 5.32 Å². The molecule has 76 valence electrons. The third kappa shape index (κ3) is 1.34. The molecule has 0 bridgehead atoms. The highest BCUT2D eigenvalue weighted by molar-refractivity contribution is 5.36. The number of benzene rings is 1. The quantitative estimate of drug-likeness (QED) is 0.760. The van der Waals surface area contributed by atoms with Gasteiger partial charge in [0.05, 0.1) is 0 Å². The average molecular weight is 201 g/mol. The highest BCUT2D eigenvalue weighted by Gasteiger charge is 2.27. The highest BCUT2D eigenvalue weighted by atomic mass is 16.5. The second kappa shape index (κ2) is 3.17. The molecule has 0 aliphatic carbocycles. The first-order valence-electron chi connectivity index (χ1n) is 4.96. The molecule has 0 saturated carbocycles. The van der Waals surface area contributed by atoms with Gasteiger partial charge in [0.25, 0.3) is 0 Å². The number of fused-ring (bicyclic) bond motifs is 1. The second-order valence-electron chi connectivity index (χ2n) is 3.69. The zero-order valence-electron chi connectivity index (χ0n) is 8.40. The number of hydrogen-bond donors (Lipinski definition) is 1. The largest absolute Gasteiger partial charge is 0.337 e. The molecule has 0 fully saturated rings. The Morgan fingerprint density at radius 1 is 1.40 bits per heavy atom. The van der Waals surface area contributed by atoms with Crippen molar-refractivity contribution in [3.63, 3.8) is 0 Å². The number of nitrogens with one attached hydrogen (secondary N) is 1. The van der Waals surface area contributed by atoms with Gasteiger partial charge in [0.15, 0.2) is 5.82 Å². The molecule has 2 heterocycles. The number of aryl methyl sites for hydroxylation is 1. The lowest BCUT2D eigenvalue weighted by molar-refractivity contribution is 0.352. The van der Waals surface area contributed by atoms with E-state index in [2.05, 4.69) is 27.6 Å². The summed E-state index contributed by atoms with van der Waals surface area (Å²) in [6.07, 6.45) is 0. The minimum Gasteiger partial charge on any atom is -0.337 e. The van der Waals surface area contributed by atoms with Crippen molar-refractivity contribution < 1.29 is 4.52 Å². The molecule has 1 aliphatic rings. The molecule has 1 aliphatic heterocycles.